The number of nitrogens with zero attached hydrogens (tertiary/aromatic N) is 1. The summed E-state index contributed by atoms with van der Waals surface area (Å²) in [6, 6.07) is 5.70. The van der Waals surface area contributed by atoms with E-state index in [4.69, 9.17) is 5.84 Å². The van der Waals surface area contributed by atoms with Crippen LogP contribution in [0.3, 0.4) is 0 Å². The molecule has 0 spiro atoms. The summed E-state index contributed by atoms with van der Waals surface area (Å²) in [5, 5.41) is 0. The molecule has 0 aromatic heterocycles. The van der Waals surface area contributed by atoms with Crippen LogP contribution in [0.15, 0.2) is 18.2 Å². The minimum absolute atomic E-state index is 0.0519. The Labute approximate surface area is 122 Å². The number of benzene rings is 1. The van der Waals surface area contributed by atoms with Crippen molar-refractivity contribution in [3.63, 3.8) is 0 Å². The van der Waals surface area contributed by atoms with E-state index in [2.05, 4.69) is 19.3 Å². The van der Waals surface area contributed by atoms with Gasteiger partial charge < -0.3 is 10.3 Å². The van der Waals surface area contributed by atoms with Crippen molar-refractivity contribution in [2.45, 2.75) is 40.5 Å². The van der Waals surface area contributed by atoms with Crippen molar-refractivity contribution in [2.75, 3.05) is 18.5 Å². The monoisotopic (exact) mass is 277 g/mol. The first-order chi connectivity index (χ1) is 9.57. The average molecular weight is 277 g/mol. The lowest BCUT2D eigenvalue weighted by Crippen LogP contribution is -2.35. The van der Waals surface area contributed by atoms with Crippen molar-refractivity contribution < 1.29 is 4.79 Å². The molecule has 0 aliphatic rings. The zero-order chi connectivity index (χ0) is 15.1. The first kappa shape index (κ1) is 16.5. The van der Waals surface area contributed by atoms with E-state index in [1.165, 1.54) is 0 Å². The van der Waals surface area contributed by atoms with Gasteiger partial charge in [0.05, 0.1) is 11.3 Å². The third kappa shape index (κ3) is 3.97. The Bertz CT molecular complexity index is 441. The quantitative estimate of drug-likeness (QED) is 0.594. The van der Waals surface area contributed by atoms with Crippen LogP contribution >= 0.6 is 0 Å². The van der Waals surface area contributed by atoms with Crippen molar-refractivity contribution >= 4 is 11.6 Å². The van der Waals surface area contributed by atoms with E-state index in [1.54, 1.807) is 0 Å². The van der Waals surface area contributed by atoms with Gasteiger partial charge in [0.25, 0.3) is 5.91 Å². The molecule has 1 aromatic rings. The molecular formula is C16H27N3O. The highest BCUT2D eigenvalue weighted by Crippen LogP contribution is 2.20. The van der Waals surface area contributed by atoms with Gasteiger partial charge in [-0.15, -0.1) is 0 Å². The topological polar surface area (TPSA) is 58.4 Å². The van der Waals surface area contributed by atoms with Crippen molar-refractivity contribution in [1.82, 2.24) is 4.90 Å². The van der Waals surface area contributed by atoms with Gasteiger partial charge in [-0.05, 0) is 31.9 Å². The fraction of sp³-hybridized carbons (Fsp3) is 0.562. The second-order valence-corrected chi connectivity index (χ2v) is 5.22. The first-order valence-corrected chi connectivity index (χ1v) is 7.43. The van der Waals surface area contributed by atoms with Crippen LogP contribution in [0.2, 0.25) is 0 Å². The number of aryl methyl sites for hydroxylation is 1. The smallest absolute Gasteiger partial charge is 0.256 e. The van der Waals surface area contributed by atoms with E-state index in [9.17, 15) is 4.79 Å². The van der Waals surface area contributed by atoms with Gasteiger partial charge in [-0.1, -0.05) is 38.3 Å². The van der Waals surface area contributed by atoms with Crippen LogP contribution in [0.1, 0.15) is 49.5 Å². The number of carbonyl (C=O) groups is 1. The highest BCUT2D eigenvalue weighted by atomic mass is 16.2. The van der Waals surface area contributed by atoms with Gasteiger partial charge in [-0.3, -0.25) is 10.6 Å². The summed E-state index contributed by atoms with van der Waals surface area (Å²) in [7, 11) is 0. The number of nitrogen functional groups attached to an aromatic ring is 1. The standard InChI is InChI=1S/C16H27N3O/c1-5-13(6-2)11-19(7-3)16(20)14-10-12(4)8-9-15(14)18-17/h8-10,13,18H,5-7,11,17H2,1-4H3. The van der Waals surface area contributed by atoms with Crippen molar-refractivity contribution in [3.8, 4) is 0 Å². The van der Waals surface area contributed by atoms with Crippen LogP contribution in [-0.4, -0.2) is 23.9 Å². The largest absolute Gasteiger partial charge is 0.339 e. The van der Waals surface area contributed by atoms with Crippen LogP contribution in [-0.2, 0) is 0 Å². The summed E-state index contributed by atoms with van der Waals surface area (Å²) in [4.78, 5) is 14.6. The highest BCUT2D eigenvalue weighted by molar-refractivity contribution is 5.99. The molecular weight excluding hydrogens is 250 g/mol. The van der Waals surface area contributed by atoms with Gasteiger partial charge in [-0.25, -0.2) is 0 Å². The number of hydrazine groups is 1. The Morgan fingerprint density at radius 1 is 1.30 bits per heavy atom. The minimum atomic E-state index is 0.0519. The van der Waals surface area contributed by atoms with Crippen LogP contribution in [0.5, 0.6) is 0 Å². The molecule has 3 N–H and O–H groups in total. The Hall–Kier alpha value is -1.55. The molecule has 0 aliphatic carbocycles. The molecule has 1 aromatic carbocycles. The molecule has 0 atom stereocenters. The normalized spacial score (nSPS) is 10.7. The number of hydrogen-bond acceptors (Lipinski definition) is 3. The Morgan fingerprint density at radius 2 is 1.95 bits per heavy atom. The lowest BCUT2D eigenvalue weighted by atomic mass is 10.0. The number of rotatable bonds is 7. The Kier molecular flexibility index (Phi) is 6.52. The van der Waals surface area contributed by atoms with Crippen molar-refractivity contribution in [3.05, 3.63) is 29.3 Å². The van der Waals surface area contributed by atoms with E-state index in [1.807, 2.05) is 36.9 Å². The first-order valence-electron chi connectivity index (χ1n) is 7.43. The number of carbonyl (C=O) groups excluding carboxylic acids is 1. The third-order valence-electron chi connectivity index (χ3n) is 3.86. The molecule has 0 bridgehead atoms. The Morgan fingerprint density at radius 3 is 2.45 bits per heavy atom. The third-order valence-corrected chi connectivity index (χ3v) is 3.86. The van der Waals surface area contributed by atoms with Crippen molar-refractivity contribution in [1.29, 1.82) is 0 Å². The second-order valence-electron chi connectivity index (χ2n) is 5.22. The fourth-order valence-electron chi connectivity index (χ4n) is 2.35. The summed E-state index contributed by atoms with van der Waals surface area (Å²) in [5.74, 6) is 6.12. The zero-order valence-corrected chi connectivity index (χ0v) is 13.1. The lowest BCUT2D eigenvalue weighted by Gasteiger charge is -2.26. The molecule has 0 saturated heterocycles. The summed E-state index contributed by atoms with van der Waals surface area (Å²) in [6.45, 7) is 9.87. The molecule has 1 rings (SSSR count). The summed E-state index contributed by atoms with van der Waals surface area (Å²) >= 11 is 0. The van der Waals surface area contributed by atoms with Crippen molar-refractivity contribution in [2.24, 2.45) is 11.8 Å². The summed E-state index contributed by atoms with van der Waals surface area (Å²) < 4.78 is 0. The van der Waals surface area contributed by atoms with Crippen LogP contribution < -0.4 is 11.3 Å². The number of nitrogens with one attached hydrogen (secondary N) is 1. The molecule has 4 nitrogen and oxygen atoms in total. The van der Waals surface area contributed by atoms with E-state index in [0.717, 1.165) is 24.9 Å². The average Bonchev–Trinajstić information content (AvgIpc) is 2.48. The number of hydrogen-bond donors (Lipinski definition) is 2. The van der Waals surface area contributed by atoms with Gasteiger partial charge in [0.2, 0.25) is 0 Å². The maximum atomic E-state index is 12.7. The maximum absolute atomic E-state index is 12.7. The number of amides is 1. The molecule has 0 radical (unpaired) electrons. The molecule has 0 heterocycles. The SMILES string of the molecule is CCC(CC)CN(CC)C(=O)c1cc(C)ccc1NN. The van der Waals surface area contributed by atoms with Crippen LogP contribution in [0.25, 0.3) is 0 Å². The highest BCUT2D eigenvalue weighted by Gasteiger charge is 2.20. The van der Waals surface area contributed by atoms with E-state index >= 15 is 0 Å². The molecule has 0 unspecified atom stereocenters. The Balaban J connectivity index is 2.98. The summed E-state index contributed by atoms with van der Waals surface area (Å²) in [6.07, 6.45) is 2.19. The van der Waals surface area contributed by atoms with Crippen LogP contribution in [0.4, 0.5) is 5.69 Å². The van der Waals surface area contributed by atoms with Gasteiger partial charge >= 0.3 is 0 Å². The molecule has 4 heteroatoms. The molecule has 0 aliphatic heterocycles. The molecule has 20 heavy (non-hydrogen) atoms. The predicted octanol–water partition coefficient (Wildman–Crippen LogP) is 3.18. The van der Waals surface area contributed by atoms with Gasteiger partial charge in [0.15, 0.2) is 0 Å². The second kappa shape index (κ2) is 7.90. The van der Waals surface area contributed by atoms with Gasteiger partial charge in [0.1, 0.15) is 0 Å². The lowest BCUT2D eigenvalue weighted by molar-refractivity contribution is 0.0736. The van der Waals surface area contributed by atoms with E-state index in [-0.39, 0.29) is 5.91 Å². The maximum Gasteiger partial charge on any atom is 0.256 e. The summed E-state index contributed by atoms with van der Waals surface area (Å²) in [5.41, 5.74) is 5.01. The molecule has 0 saturated carbocycles. The minimum Gasteiger partial charge on any atom is -0.339 e. The van der Waals surface area contributed by atoms with E-state index < -0.39 is 0 Å². The number of nitrogens with two attached hydrogens (primary N) is 1. The van der Waals surface area contributed by atoms with Gasteiger partial charge in [0, 0.05) is 13.1 Å². The molecule has 1 amide bonds. The van der Waals surface area contributed by atoms with Gasteiger partial charge in [-0.2, -0.15) is 0 Å². The van der Waals surface area contributed by atoms with Crippen LogP contribution in [0, 0.1) is 12.8 Å². The zero-order valence-electron chi connectivity index (χ0n) is 13.1. The predicted molar refractivity (Wildman–Crippen MR) is 84.6 cm³/mol. The van der Waals surface area contributed by atoms with E-state index in [0.29, 0.717) is 23.7 Å². The molecule has 0 fully saturated rings. The number of anilines is 1. The molecule has 112 valence electrons. The fourth-order valence-corrected chi connectivity index (χ4v) is 2.35.